The number of aromatic amines is 1. The summed E-state index contributed by atoms with van der Waals surface area (Å²) in [6.07, 6.45) is 4.37. The van der Waals surface area contributed by atoms with Gasteiger partial charge in [-0.05, 0) is 86.7 Å². The molecule has 0 atom stereocenters. The molecular weight excluding hydrogens is 368 g/mol. The summed E-state index contributed by atoms with van der Waals surface area (Å²) in [4.78, 5) is 3.65. The molecule has 0 amide bonds. The van der Waals surface area contributed by atoms with Crippen molar-refractivity contribution < 1.29 is 5.11 Å². The van der Waals surface area contributed by atoms with Gasteiger partial charge in [0.05, 0.1) is 0 Å². The van der Waals surface area contributed by atoms with Gasteiger partial charge in [0.25, 0.3) is 0 Å². The minimum absolute atomic E-state index is 0.336. The number of hydrogen-bond acceptors (Lipinski definition) is 2. The lowest BCUT2D eigenvalue weighted by Gasteiger charge is -2.08. The third-order valence-corrected chi connectivity index (χ3v) is 5.68. The summed E-state index contributed by atoms with van der Waals surface area (Å²) in [6, 6.07) is 24.9. The molecule has 0 aliphatic carbocycles. The van der Waals surface area contributed by atoms with Gasteiger partial charge in [-0.3, -0.25) is 0 Å². The molecule has 0 aliphatic rings. The molecule has 1 aromatic heterocycles. The summed E-state index contributed by atoms with van der Waals surface area (Å²) >= 11 is 0. The standard InChI is InChI=1S/C27H30N2O/c1-20-7-6-9-22(19-20)27-25(24-10-2-3-11-26(24)29-27)16-18-28-17-5-4-8-21-12-14-23(30)15-13-21/h2-3,6-7,9-15,19,28-30H,4-5,8,16-18H2,1H3. The Morgan fingerprint density at radius 1 is 0.833 bits per heavy atom. The summed E-state index contributed by atoms with van der Waals surface area (Å²) in [6.45, 7) is 4.14. The molecule has 0 saturated carbocycles. The van der Waals surface area contributed by atoms with Crippen LogP contribution in [0.3, 0.4) is 0 Å². The number of para-hydroxylation sites is 1. The van der Waals surface area contributed by atoms with Crippen molar-refractivity contribution in [3.63, 3.8) is 0 Å². The maximum Gasteiger partial charge on any atom is 0.115 e. The third-order valence-electron chi connectivity index (χ3n) is 5.68. The number of aromatic hydroxyl groups is 1. The van der Waals surface area contributed by atoms with Crippen molar-refractivity contribution >= 4 is 10.9 Å². The summed E-state index contributed by atoms with van der Waals surface area (Å²) in [5.74, 6) is 0.336. The van der Waals surface area contributed by atoms with Gasteiger partial charge < -0.3 is 15.4 Å². The lowest BCUT2D eigenvalue weighted by atomic mass is 10.0. The maximum absolute atomic E-state index is 9.36. The first-order chi connectivity index (χ1) is 14.7. The van der Waals surface area contributed by atoms with Crippen LogP contribution in [0.4, 0.5) is 0 Å². The van der Waals surface area contributed by atoms with E-state index in [1.807, 2.05) is 12.1 Å². The number of H-pyrrole nitrogens is 1. The molecule has 4 rings (SSSR count). The van der Waals surface area contributed by atoms with Crippen LogP contribution in [-0.2, 0) is 12.8 Å². The number of aromatic nitrogens is 1. The van der Waals surface area contributed by atoms with Gasteiger partial charge in [-0.15, -0.1) is 0 Å². The zero-order chi connectivity index (χ0) is 20.8. The number of rotatable bonds is 9. The highest BCUT2D eigenvalue weighted by atomic mass is 16.3. The largest absolute Gasteiger partial charge is 0.508 e. The normalized spacial score (nSPS) is 11.2. The Balaban J connectivity index is 1.33. The molecule has 0 bridgehead atoms. The lowest BCUT2D eigenvalue weighted by molar-refractivity contribution is 0.475. The van der Waals surface area contributed by atoms with Crippen LogP contribution in [0.1, 0.15) is 29.5 Å². The van der Waals surface area contributed by atoms with Crippen LogP contribution < -0.4 is 5.32 Å². The van der Waals surface area contributed by atoms with E-state index in [-0.39, 0.29) is 0 Å². The Bertz CT molecular complexity index is 1100. The minimum Gasteiger partial charge on any atom is -0.508 e. The van der Waals surface area contributed by atoms with Gasteiger partial charge in [-0.1, -0.05) is 54.1 Å². The number of unbranched alkanes of at least 4 members (excludes halogenated alkanes) is 1. The number of nitrogens with one attached hydrogen (secondary N) is 2. The van der Waals surface area contributed by atoms with Crippen molar-refractivity contribution in [2.75, 3.05) is 13.1 Å². The molecule has 0 aliphatic heterocycles. The van der Waals surface area contributed by atoms with Crippen LogP contribution in [0.15, 0.2) is 72.8 Å². The van der Waals surface area contributed by atoms with Crippen LogP contribution in [0, 0.1) is 6.92 Å². The fourth-order valence-electron chi connectivity index (χ4n) is 4.09. The number of hydrogen-bond donors (Lipinski definition) is 3. The van der Waals surface area contributed by atoms with Gasteiger partial charge in [-0.2, -0.15) is 0 Å². The summed E-state index contributed by atoms with van der Waals surface area (Å²) in [5.41, 5.74) is 7.67. The second-order valence-corrected chi connectivity index (χ2v) is 8.02. The topological polar surface area (TPSA) is 48.0 Å². The first-order valence-electron chi connectivity index (χ1n) is 10.9. The predicted octanol–water partition coefficient (Wildman–Crippen LogP) is 6.00. The molecule has 0 fully saturated rings. The van der Waals surface area contributed by atoms with Crippen molar-refractivity contribution in [3.8, 4) is 17.0 Å². The Kier molecular flexibility index (Phi) is 6.50. The van der Waals surface area contributed by atoms with E-state index < -0.39 is 0 Å². The number of fused-ring (bicyclic) bond motifs is 1. The Morgan fingerprint density at radius 2 is 1.67 bits per heavy atom. The van der Waals surface area contributed by atoms with Crippen molar-refractivity contribution in [1.82, 2.24) is 10.3 Å². The maximum atomic E-state index is 9.36. The van der Waals surface area contributed by atoms with Gasteiger partial charge in [0, 0.05) is 16.6 Å². The summed E-state index contributed by atoms with van der Waals surface area (Å²) in [7, 11) is 0. The molecule has 0 spiro atoms. The highest BCUT2D eigenvalue weighted by Gasteiger charge is 2.12. The fraction of sp³-hybridized carbons (Fsp3) is 0.259. The van der Waals surface area contributed by atoms with E-state index in [1.54, 1.807) is 12.1 Å². The van der Waals surface area contributed by atoms with Crippen LogP contribution in [0.2, 0.25) is 0 Å². The van der Waals surface area contributed by atoms with E-state index in [4.69, 9.17) is 0 Å². The quantitative estimate of drug-likeness (QED) is 0.303. The zero-order valence-corrected chi connectivity index (χ0v) is 17.6. The molecular formula is C27H30N2O. The van der Waals surface area contributed by atoms with E-state index in [0.29, 0.717) is 5.75 Å². The molecule has 1 heterocycles. The van der Waals surface area contributed by atoms with Crippen LogP contribution >= 0.6 is 0 Å². The fourth-order valence-corrected chi connectivity index (χ4v) is 4.09. The Morgan fingerprint density at radius 3 is 2.50 bits per heavy atom. The van der Waals surface area contributed by atoms with Crippen LogP contribution in [-0.4, -0.2) is 23.2 Å². The van der Waals surface area contributed by atoms with Crippen LogP contribution in [0.5, 0.6) is 5.75 Å². The first kappa shape index (κ1) is 20.2. The molecule has 30 heavy (non-hydrogen) atoms. The summed E-state index contributed by atoms with van der Waals surface area (Å²) < 4.78 is 0. The molecule has 3 aromatic carbocycles. The molecule has 3 N–H and O–H groups in total. The Labute approximate surface area is 178 Å². The minimum atomic E-state index is 0.336. The van der Waals surface area contributed by atoms with Gasteiger partial charge in [0.1, 0.15) is 5.75 Å². The van der Waals surface area contributed by atoms with E-state index in [0.717, 1.165) is 38.8 Å². The van der Waals surface area contributed by atoms with Gasteiger partial charge in [0.15, 0.2) is 0 Å². The van der Waals surface area contributed by atoms with Crippen molar-refractivity contribution in [2.45, 2.75) is 32.6 Å². The van der Waals surface area contributed by atoms with Gasteiger partial charge in [0.2, 0.25) is 0 Å². The molecule has 0 saturated heterocycles. The highest BCUT2D eigenvalue weighted by molar-refractivity contribution is 5.90. The second-order valence-electron chi connectivity index (χ2n) is 8.02. The number of phenols is 1. The van der Waals surface area contributed by atoms with Crippen molar-refractivity contribution in [3.05, 3.63) is 89.5 Å². The summed E-state index contributed by atoms with van der Waals surface area (Å²) in [5, 5.41) is 14.3. The average molecular weight is 399 g/mol. The SMILES string of the molecule is Cc1cccc(-c2[nH]c3ccccc3c2CCNCCCCc2ccc(O)cc2)c1. The molecule has 0 radical (unpaired) electrons. The first-order valence-corrected chi connectivity index (χ1v) is 10.9. The van der Waals surface area contributed by atoms with Crippen molar-refractivity contribution in [2.24, 2.45) is 0 Å². The average Bonchev–Trinajstić information content (AvgIpc) is 3.13. The van der Waals surface area contributed by atoms with E-state index >= 15 is 0 Å². The molecule has 4 aromatic rings. The molecule has 3 nitrogen and oxygen atoms in total. The Hall–Kier alpha value is -3.04. The highest BCUT2D eigenvalue weighted by Crippen LogP contribution is 2.31. The van der Waals surface area contributed by atoms with E-state index in [2.05, 4.69) is 65.8 Å². The second kappa shape index (κ2) is 9.64. The van der Waals surface area contributed by atoms with E-state index in [9.17, 15) is 5.11 Å². The predicted molar refractivity (Wildman–Crippen MR) is 126 cm³/mol. The molecule has 0 unspecified atom stereocenters. The zero-order valence-electron chi connectivity index (χ0n) is 17.6. The van der Waals surface area contributed by atoms with Gasteiger partial charge >= 0.3 is 0 Å². The number of phenolic OH excluding ortho intramolecular Hbond substituents is 1. The lowest BCUT2D eigenvalue weighted by Crippen LogP contribution is -2.18. The number of benzene rings is 3. The van der Waals surface area contributed by atoms with Crippen LogP contribution in [0.25, 0.3) is 22.2 Å². The van der Waals surface area contributed by atoms with E-state index in [1.165, 1.54) is 38.9 Å². The smallest absolute Gasteiger partial charge is 0.115 e. The molecule has 3 heteroatoms. The number of aryl methyl sites for hydroxylation is 2. The van der Waals surface area contributed by atoms with Gasteiger partial charge in [-0.25, -0.2) is 0 Å². The monoisotopic (exact) mass is 398 g/mol. The third kappa shape index (κ3) is 4.92. The molecule has 154 valence electrons. The van der Waals surface area contributed by atoms with Crippen molar-refractivity contribution in [1.29, 1.82) is 0 Å².